The van der Waals surface area contributed by atoms with Gasteiger partial charge in [0.1, 0.15) is 17.4 Å². The topological polar surface area (TPSA) is 104 Å². The number of nitro groups is 1. The number of aryl methyl sites for hydroxylation is 1. The molecule has 82 valence electrons. The van der Waals surface area contributed by atoms with Crippen molar-refractivity contribution >= 4 is 11.6 Å². The molecule has 7 nitrogen and oxygen atoms in total. The summed E-state index contributed by atoms with van der Waals surface area (Å²) in [4.78, 5) is 21.1. The second-order valence-electron chi connectivity index (χ2n) is 3.30. The lowest BCUT2D eigenvalue weighted by Gasteiger charge is -2.08. The Morgan fingerprint density at radius 3 is 2.47 bits per heavy atom. The molecular formula is C8H12N4O3. The maximum Gasteiger partial charge on any atom is 0.312 e. The fraction of sp³-hybridized carbons (Fsp3) is 0.500. The van der Waals surface area contributed by atoms with Gasteiger partial charge in [-0.05, 0) is 20.8 Å². The number of carbonyl (C=O) groups is 1. The minimum absolute atomic E-state index is 0.0666. The molecular weight excluding hydrogens is 200 g/mol. The summed E-state index contributed by atoms with van der Waals surface area (Å²) in [6, 6.07) is -0.683. The minimum Gasteiger partial charge on any atom is -0.368 e. The third-order valence-corrected chi connectivity index (χ3v) is 2.25. The molecule has 7 heteroatoms. The molecule has 0 fully saturated rings. The maximum absolute atomic E-state index is 10.9. The van der Waals surface area contributed by atoms with Crippen LogP contribution in [0, 0.1) is 24.0 Å². The zero-order valence-electron chi connectivity index (χ0n) is 8.72. The predicted molar refractivity (Wildman–Crippen MR) is 52.3 cm³/mol. The van der Waals surface area contributed by atoms with Gasteiger partial charge in [0.2, 0.25) is 5.91 Å². The van der Waals surface area contributed by atoms with Gasteiger partial charge in [-0.1, -0.05) is 0 Å². The highest BCUT2D eigenvalue weighted by atomic mass is 16.6. The summed E-state index contributed by atoms with van der Waals surface area (Å²) in [7, 11) is 0. The number of carbonyl (C=O) groups excluding carboxylic acids is 1. The molecule has 0 saturated heterocycles. The SMILES string of the molecule is Cc1nn(C(C)C(N)=O)c(C)c1[N+](=O)[O-]. The lowest BCUT2D eigenvalue weighted by molar-refractivity contribution is -0.386. The predicted octanol–water partition coefficient (Wildman–Crippen LogP) is 0.454. The van der Waals surface area contributed by atoms with Gasteiger partial charge < -0.3 is 5.73 Å². The van der Waals surface area contributed by atoms with E-state index in [4.69, 9.17) is 5.73 Å². The highest BCUT2D eigenvalue weighted by Crippen LogP contribution is 2.24. The molecule has 0 aliphatic heterocycles. The normalized spacial score (nSPS) is 12.5. The first-order chi connectivity index (χ1) is 6.86. The van der Waals surface area contributed by atoms with Gasteiger partial charge in [0, 0.05) is 0 Å². The van der Waals surface area contributed by atoms with Crippen LogP contribution in [0.2, 0.25) is 0 Å². The van der Waals surface area contributed by atoms with Gasteiger partial charge in [-0.3, -0.25) is 19.6 Å². The minimum atomic E-state index is -0.683. The van der Waals surface area contributed by atoms with Crippen molar-refractivity contribution in [2.45, 2.75) is 26.8 Å². The van der Waals surface area contributed by atoms with Gasteiger partial charge in [-0.25, -0.2) is 0 Å². The van der Waals surface area contributed by atoms with E-state index in [-0.39, 0.29) is 11.4 Å². The molecule has 0 aliphatic carbocycles. The number of nitrogens with zero attached hydrogens (tertiary/aromatic N) is 3. The van der Waals surface area contributed by atoms with Gasteiger partial charge in [-0.2, -0.15) is 5.10 Å². The quantitative estimate of drug-likeness (QED) is 0.580. The zero-order chi connectivity index (χ0) is 11.7. The third-order valence-electron chi connectivity index (χ3n) is 2.25. The molecule has 0 aromatic carbocycles. The number of nitrogens with two attached hydrogens (primary N) is 1. The van der Waals surface area contributed by atoms with Gasteiger partial charge in [0.05, 0.1) is 4.92 Å². The fourth-order valence-electron chi connectivity index (χ4n) is 1.42. The van der Waals surface area contributed by atoms with Crippen molar-refractivity contribution in [1.82, 2.24) is 9.78 Å². The standard InChI is InChI=1S/C8H12N4O3/c1-4-7(12(14)15)5(2)11(10-4)6(3)8(9)13/h6H,1-3H3,(H2,9,13). The Labute approximate surface area is 86.0 Å². The van der Waals surface area contributed by atoms with Crippen LogP contribution in [0.3, 0.4) is 0 Å². The lowest BCUT2D eigenvalue weighted by Crippen LogP contribution is -2.25. The van der Waals surface area contributed by atoms with Crippen molar-refractivity contribution in [3.05, 3.63) is 21.5 Å². The summed E-state index contributed by atoms with van der Waals surface area (Å²) in [6.45, 7) is 4.61. The van der Waals surface area contributed by atoms with Crippen LogP contribution in [-0.4, -0.2) is 20.6 Å². The van der Waals surface area contributed by atoms with Gasteiger partial charge >= 0.3 is 5.69 Å². The molecule has 0 bridgehead atoms. The van der Waals surface area contributed by atoms with Crippen LogP contribution >= 0.6 is 0 Å². The largest absolute Gasteiger partial charge is 0.368 e. The number of rotatable bonds is 3. The third kappa shape index (κ3) is 1.80. The molecule has 1 unspecified atom stereocenters. The van der Waals surface area contributed by atoms with Crippen molar-refractivity contribution < 1.29 is 9.72 Å². The van der Waals surface area contributed by atoms with Crippen LogP contribution in [0.25, 0.3) is 0 Å². The van der Waals surface area contributed by atoms with Gasteiger partial charge in [0.15, 0.2) is 0 Å². The molecule has 1 rings (SSSR count). The summed E-state index contributed by atoms with van der Waals surface area (Å²) in [6.07, 6.45) is 0. The molecule has 2 N–H and O–H groups in total. The monoisotopic (exact) mass is 212 g/mol. The van der Waals surface area contributed by atoms with E-state index < -0.39 is 16.9 Å². The number of hydrogen-bond acceptors (Lipinski definition) is 4. The number of amides is 1. The summed E-state index contributed by atoms with van der Waals surface area (Å²) in [5.41, 5.74) is 5.66. The molecule has 0 spiro atoms. The van der Waals surface area contributed by atoms with Crippen LogP contribution in [-0.2, 0) is 4.79 Å². The molecule has 1 atom stereocenters. The summed E-state index contributed by atoms with van der Waals surface area (Å²) in [5, 5.41) is 14.6. The average molecular weight is 212 g/mol. The number of aromatic nitrogens is 2. The van der Waals surface area contributed by atoms with Crippen LogP contribution in [0.4, 0.5) is 5.69 Å². The Balaban J connectivity index is 3.29. The Bertz CT molecular complexity index is 424. The van der Waals surface area contributed by atoms with Gasteiger partial charge in [0.25, 0.3) is 0 Å². The lowest BCUT2D eigenvalue weighted by atomic mass is 10.3. The second kappa shape index (κ2) is 3.68. The molecule has 0 aliphatic rings. The highest BCUT2D eigenvalue weighted by Gasteiger charge is 2.25. The van der Waals surface area contributed by atoms with Crippen molar-refractivity contribution in [3.8, 4) is 0 Å². The smallest absolute Gasteiger partial charge is 0.312 e. The first-order valence-corrected chi connectivity index (χ1v) is 4.35. The van der Waals surface area contributed by atoms with Crippen LogP contribution < -0.4 is 5.73 Å². The van der Waals surface area contributed by atoms with Crippen molar-refractivity contribution in [2.75, 3.05) is 0 Å². The van der Waals surface area contributed by atoms with E-state index in [2.05, 4.69) is 5.10 Å². The number of hydrogen-bond donors (Lipinski definition) is 1. The van der Waals surface area contributed by atoms with E-state index in [0.717, 1.165) is 0 Å². The van der Waals surface area contributed by atoms with Crippen molar-refractivity contribution in [1.29, 1.82) is 0 Å². The summed E-state index contributed by atoms with van der Waals surface area (Å²) < 4.78 is 1.27. The highest BCUT2D eigenvalue weighted by molar-refractivity contribution is 5.78. The molecule has 15 heavy (non-hydrogen) atoms. The number of primary amides is 1. The molecule has 1 aromatic rings. The van der Waals surface area contributed by atoms with E-state index in [0.29, 0.717) is 5.69 Å². The Morgan fingerprint density at radius 2 is 2.13 bits per heavy atom. The first kappa shape index (κ1) is 11.2. The molecule has 1 heterocycles. The summed E-state index contributed by atoms with van der Waals surface area (Å²) in [5.74, 6) is -0.574. The van der Waals surface area contributed by atoms with Crippen LogP contribution in [0.1, 0.15) is 24.4 Å². The Morgan fingerprint density at radius 1 is 1.60 bits per heavy atom. The fourth-order valence-corrected chi connectivity index (χ4v) is 1.42. The van der Waals surface area contributed by atoms with Gasteiger partial charge in [-0.15, -0.1) is 0 Å². The Kier molecular flexibility index (Phi) is 2.74. The van der Waals surface area contributed by atoms with Crippen molar-refractivity contribution in [2.24, 2.45) is 5.73 Å². The maximum atomic E-state index is 10.9. The first-order valence-electron chi connectivity index (χ1n) is 4.35. The van der Waals surface area contributed by atoms with E-state index >= 15 is 0 Å². The van der Waals surface area contributed by atoms with Crippen LogP contribution in [0.5, 0.6) is 0 Å². The van der Waals surface area contributed by atoms with E-state index in [9.17, 15) is 14.9 Å². The molecule has 0 radical (unpaired) electrons. The Hall–Kier alpha value is -1.92. The van der Waals surface area contributed by atoms with E-state index in [1.54, 1.807) is 6.92 Å². The average Bonchev–Trinajstić information content (AvgIpc) is 2.40. The van der Waals surface area contributed by atoms with Crippen LogP contribution in [0.15, 0.2) is 0 Å². The van der Waals surface area contributed by atoms with E-state index in [1.807, 2.05) is 0 Å². The zero-order valence-corrected chi connectivity index (χ0v) is 8.72. The van der Waals surface area contributed by atoms with E-state index in [1.165, 1.54) is 18.5 Å². The summed E-state index contributed by atoms with van der Waals surface area (Å²) >= 11 is 0. The van der Waals surface area contributed by atoms with Crippen molar-refractivity contribution in [3.63, 3.8) is 0 Å². The molecule has 0 saturated carbocycles. The molecule has 1 amide bonds. The molecule has 1 aromatic heterocycles. The second-order valence-corrected chi connectivity index (χ2v) is 3.30.